The number of nitrogens with one attached hydrogen (secondary N) is 1. The fraction of sp³-hybridized carbons (Fsp3) is 0.611. The lowest BCUT2D eigenvalue weighted by molar-refractivity contribution is -0.133. The molecule has 2 aromatic heterocycles. The van der Waals surface area contributed by atoms with Crippen molar-refractivity contribution in [2.45, 2.75) is 50.4 Å². The molecule has 2 fully saturated rings. The number of piperidine rings is 1. The van der Waals surface area contributed by atoms with Gasteiger partial charge in [-0.05, 0) is 56.6 Å². The number of pyridine rings is 1. The zero-order valence-corrected chi connectivity index (χ0v) is 16.4. The van der Waals surface area contributed by atoms with Crippen LogP contribution in [0.15, 0.2) is 18.5 Å². The van der Waals surface area contributed by atoms with Crippen LogP contribution in [0, 0.1) is 5.41 Å². The van der Waals surface area contributed by atoms with Crippen molar-refractivity contribution >= 4 is 33.6 Å². The monoisotopic (exact) mass is 389 g/mol. The van der Waals surface area contributed by atoms with Crippen LogP contribution in [0.25, 0.3) is 11.0 Å². The first-order valence-corrected chi connectivity index (χ1v) is 11.1. The van der Waals surface area contributed by atoms with Crippen molar-refractivity contribution in [3.63, 3.8) is 0 Å². The Labute approximate surface area is 159 Å². The largest absolute Gasteiger partial charge is 0.493 e. The van der Waals surface area contributed by atoms with Gasteiger partial charge in [-0.15, -0.1) is 0 Å². The zero-order valence-electron chi connectivity index (χ0n) is 15.6. The fourth-order valence-electron chi connectivity index (χ4n) is 5.34. The van der Waals surface area contributed by atoms with Crippen molar-refractivity contribution in [2.24, 2.45) is 5.41 Å². The summed E-state index contributed by atoms with van der Waals surface area (Å²) in [6.07, 6.45) is 6.90. The lowest BCUT2D eigenvalue weighted by atomic mass is 9.53. The van der Waals surface area contributed by atoms with Crippen molar-refractivity contribution in [1.82, 2.24) is 14.3 Å². The molecule has 2 aliphatic heterocycles. The maximum absolute atomic E-state index is 12.4. The molecule has 7 nitrogen and oxygen atoms in total. The van der Waals surface area contributed by atoms with Crippen LogP contribution >= 0.6 is 0 Å². The Balaban J connectivity index is 1.40. The third-order valence-corrected chi connectivity index (χ3v) is 9.01. The van der Waals surface area contributed by atoms with Gasteiger partial charge in [0.2, 0.25) is 10.0 Å². The SMILES string of the molecule is CC(C)S(=O)(=O)N1CCC2(CC1)CC1(C2)OB(O)c2cnc3[nH]ccc3c21. The maximum Gasteiger partial charge on any atom is 0.493 e. The second-order valence-corrected chi connectivity index (χ2v) is 11.1. The van der Waals surface area contributed by atoms with Crippen LogP contribution in [0.1, 0.15) is 45.1 Å². The van der Waals surface area contributed by atoms with Crippen LogP contribution in [0.3, 0.4) is 0 Å². The number of rotatable bonds is 2. The van der Waals surface area contributed by atoms with Gasteiger partial charge in [-0.3, -0.25) is 0 Å². The molecule has 144 valence electrons. The minimum atomic E-state index is -3.19. The van der Waals surface area contributed by atoms with E-state index in [2.05, 4.69) is 9.97 Å². The number of aromatic nitrogens is 2. The van der Waals surface area contributed by atoms with Crippen molar-refractivity contribution in [2.75, 3.05) is 13.1 Å². The highest BCUT2D eigenvalue weighted by Gasteiger charge is 2.62. The van der Waals surface area contributed by atoms with Crippen molar-refractivity contribution in [3.8, 4) is 0 Å². The predicted octanol–water partition coefficient (Wildman–Crippen LogP) is 1.09. The lowest BCUT2D eigenvalue weighted by Crippen LogP contribution is -2.56. The Kier molecular flexibility index (Phi) is 3.64. The van der Waals surface area contributed by atoms with E-state index in [0.717, 1.165) is 47.7 Å². The van der Waals surface area contributed by atoms with Gasteiger partial charge in [0.05, 0.1) is 10.9 Å². The summed E-state index contributed by atoms with van der Waals surface area (Å²) < 4.78 is 32.6. The highest BCUT2D eigenvalue weighted by atomic mass is 32.2. The molecule has 0 atom stereocenters. The molecule has 4 heterocycles. The third kappa shape index (κ3) is 2.38. The molecular formula is C18H24BN3O4S. The predicted molar refractivity (Wildman–Crippen MR) is 103 cm³/mol. The molecule has 0 aromatic carbocycles. The molecule has 2 aromatic rings. The average Bonchev–Trinajstić information content (AvgIpc) is 3.17. The average molecular weight is 389 g/mol. The zero-order chi connectivity index (χ0) is 19.0. The number of aromatic amines is 1. The molecule has 0 radical (unpaired) electrons. The van der Waals surface area contributed by atoms with Gasteiger partial charge in [0.1, 0.15) is 5.65 Å². The first-order valence-electron chi connectivity index (χ1n) is 9.58. The summed E-state index contributed by atoms with van der Waals surface area (Å²) in [7, 11) is -4.13. The van der Waals surface area contributed by atoms with E-state index in [0.29, 0.717) is 13.1 Å². The topological polar surface area (TPSA) is 95.5 Å². The van der Waals surface area contributed by atoms with E-state index in [4.69, 9.17) is 4.65 Å². The van der Waals surface area contributed by atoms with Gasteiger partial charge in [0, 0.05) is 36.3 Å². The van der Waals surface area contributed by atoms with Gasteiger partial charge in [0.15, 0.2) is 0 Å². The third-order valence-electron chi connectivity index (χ3n) is 6.73. The van der Waals surface area contributed by atoms with E-state index >= 15 is 0 Å². The maximum atomic E-state index is 12.4. The number of nitrogens with zero attached hydrogens (tertiary/aromatic N) is 2. The second kappa shape index (κ2) is 5.56. The summed E-state index contributed by atoms with van der Waals surface area (Å²) in [6.45, 7) is 4.61. The summed E-state index contributed by atoms with van der Waals surface area (Å²) in [5.41, 5.74) is 2.25. The molecule has 27 heavy (non-hydrogen) atoms. The van der Waals surface area contributed by atoms with E-state index < -0.39 is 22.7 Å². The van der Waals surface area contributed by atoms with Crippen molar-refractivity contribution in [3.05, 3.63) is 24.0 Å². The summed E-state index contributed by atoms with van der Waals surface area (Å²) in [5.74, 6) is 0. The number of fused-ring (bicyclic) bond motifs is 4. The van der Waals surface area contributed by atoms with Gasteiger partial charge < -0.3 is 14.7 Å². The minimum absolute atomic E-state index is 0.0935. The quantitative estimate of drug-likeness (QED) is 0.750. The Morgan fingerprint density at radius 1 is 1.33 bits per heavy atom. The van der Waals surface area contributed by atoms with Gasteiger partial charge in [-0.25, -0.2) is 17.7 Å². The fourth-order valence-corrected chi connectivity index (χ4v) is 6.63. The smallest absolute Gasteiger partial charge is 0.423 e. The van der Waals surface area contributed by atoms with Crippen LogP contribution < -0.4 is 5.46 Å². The number of hydrogen-bond donors (Lipinski definition) is 2. The Hall–Kier alpha value is -1.42. The van der Waals surface area contributed by atoms with E-state index in [1.54, 1.807) is 24.3 Å². The molecular weight excluding hydrogens is 365 g/mol. The molecule has 3 aliphatic rings. The van der Waals surface area contributed by atoms with Crippen LogP contribution in [-0.4, -0.2) is 53.2 Å². The number of sulfonamides is 1. The van der Waals surface area contributed by atoms with Gasteiger partial charge in [-0.1, -0.05) is 0 Å². The summed E-state index contributed by atoms with van der Waals surface area (Å²) >= 11 is 0. The van der Waals surface area contributed by atoms with Crippen LogP contribution in [0.5, 0.6) is 0 Å². The number of hydrogen-bond acceptors (Lipinski definition) is 5. The Bertz CT molecular complexity index is 1000. The van der Waals surface area contributed by atoms with E-state index in [9.17, 15) is 13.4 Å². The number of H-pyrrole nitrogens is 1. The molecule has 0 amide bonds. The lowest BCUT2D eigenvalue weighted by Gasteiger charge is -2.58. The van der Waals surface area contributed by atoms with E-state index in [-0.39, 0.29) is 10.7 Å². The Morgan fingerprint density at radius 3 is 2.70 bits per heavy atom. The normalized spacial score (nSPS) is 24.1. The molecule has 5 rings (SSSR count). The second-order valence-electron chi connectivity index (χ2n) is 8.64. The van der Waals surface area contributed by atoms with E-state index in [1.807, 2.05) is 12.3 Å². The van der Waals surface area contributed by atoms with Gasteiger partial charge >= 0.3 is 7.12 Å². The van der Waals surface area contributed by atoms with Gasteiger partial charge in [0.25, 0.3) is 0 Å². The van der Waals surface area contributed by atoms with Crippen LogP contribution in [-0.2, 0) is 20.3 Å². The van der Waals surface area contributed by atoms with E-state index in [1.165, 1.54) is 0 Å². The van der Waals surface area contributed by atoms with Crippen molar-refractivity contribution < 1.29 is 18.1 Å². The molecule has 0 unspecified atom stereocenters. The Morgan fingerprint density at radius 2 is 2.04 bits per heavy atom. The van der Waals surface area contributed by atoms with Crippen LogP contribution in [0.2, 0.25) is 0 Å². The molecule has 0 bridgehead atoms. The molecule has 1 saturated carbocycles. The molecule has 9 heteroatoms. The standard InChI is InChI=1S/C18H24BN3O4S/c1-12(2)27(24,25)22-7-4-17(5-8-22)10-18(11-17)15-13-3-6-20-16(13)21-9-14(15)19(23)26-18/h3,6,9,12,23H,4-5,7-8,10-11H2,1-2H3,(H,20,21). The molecule has 1 saturated heterocycles. The summed E-state index contributed by atoms with van der Waals surface area (Å²) in [4.78, 5) is 7.51. The van der Waals surface area contributed by atoms with Crippen LogP contribution in [0.4, 0.5) is 0 Å². The molecule has 2 spiro atoms. The molecule has 2 N–H and O–H groups in total. The highest BCUT2D eigenvalue weighted by molar-refractivity contribution is 7.89. The summed E-state index contributed by atoms with van der Waals surface area (Å²) in [6, 6.07) is 1.99. The van der Waals surface area contributed by atoms with Gasteiger partial charge in [-0.2, -0.15) is 0 Å². The highest BCUT2D eigenvalue weighted by Crippen LogP contribution is 2.63. The minimum Gasteiger partial charge on any atom is -0.423 e. The first-order chi connectivity index (χ1) is 12.8. The molecule has 1 aliphatic carbocycles. The summed E-state index contributed by atoms with van der Waals surface area (Å²) in [5, 5.41) is 11.0. The first kappa shape index (κ1) is 17.7. The van der Waals surface area contributed by atoms with Crippen molar-refractivity contribution in [1.29, 1.82) is 0 Å².